The van der Waals surface area contributed by atoms with Crippen LogP contribution in [-0.2, 0) is 4.74 Å². The Labute approximate surface area is 180 Å². The van der Waals surface area contributed by atoms with Crippen molar-refractivity contribution in [1.82, 2.24) is 4.90 Å². The molecule has 30 heavy (non-hydrogen) atoms. The molecule has 0 aromatic heterocycles. The highest BCUT2D eigenvalue weighted by molar-refractivity contribution is 6.30. The Morgan fingerprint density at radius 2 is 2.23 bits per heavy atom. The topological polar surface area (TPSA) is 99.6 Å². The first kappa shape index (κ1) is 21.8. The lowest BCUT2D eigenvalue weighted by molar-refractivity contribution is 0.147. The van der Waals surface area contributed by atoms with Crippen molar-refractivity contribution >= 4 is 23.4 Å². The van der Waals surface area contributed by atoms with Crippen LogP contribution in [0.5, 0.6) is 5.75 Å². The zero-order chi connectivity index (χ0) is 21.3. The molecule has 2 aromatic carbocycles. The largest absolute Gasteiger partial charge is 0.487 e. The molecule has 0 spiro atoms. The Balaban J connectivity index is 1.70. The monoisotopic (exact) mass is 429 g/mol. The minimum absolute atomic E-state index is 0.129. The number of amides is 1. The van der Waals surface area contributed by atoms with Crippen LogP contribution < -0.4 is 10.1 Å². The average Bonchev–Trinajstić information content (AvgIpc) is 3.14. The van der Waals surface area contributed by atoms with Crippen molar-refractivity contribution in [2.45, 2.75) is 25.3 Å². The van der Waals surface area contributed by atoms with Crippen LogP contribution in [0.25, 0.3) is 21.6 Å². The quantitative estimate of drug-likeness (QED) is 0.331. The molecule has 0 radical (unpaired) electrons. The van der Waals surface area contributed by atoms with E-state index in [4.69, 9.17) is 26.6 Å². The molecule has 8 nitrogen and oxygen atoms in total. The van der Waals surface area contributed by atoms with Gasteiger partial charge in [-0.3, -0.25) is 5.32 Å². The molecule has 1 unspecified atom stereocenters. The van der Waals surface area contributed by atoms with E-state index in [1.807, 2.05) is 12.1 Å². The Bertz CT molecular complexity index is 933. The summed E-state index contributed by atoms with van der Waals surface area (Å²) in [7, 11) is 2.10. The number of anilines is 1. The SMILES string of the molecule is CN1CCCC1CCOC(=O)Nc1ccc(OCN=[N+]=[N-])cc1-c1cccc(Cl)c1. The third kappa shape index (κ3) is 6.03. The highest BCUT2D eigenvalue weighted by atomic mass is 35.5. The number of hydrogen-bond donors (Lipinski definition) is 1. The molecule has 9 heteroatoms. The van der Waals surface area contributed by atoms with Gasteiger partial charge in [0.2, 0.25) is 0 Å². The fourth-order valence-electron chi connectivity index (χ4n) is 3.52. The van der Waals surface area contributed by atoms with Gasteiger partial charge in [-0.2, -0.15) is 0 Å². The van der Waals surface area contributed by atoms with E-state index in [0.29, 0.717) is 34.7 Å². The zero-order valence-corrected chi connectivity index (χ0v) is 17.5. The van der Waals surface area contributed by atoms with Gasteiger partial charge in [-0.05, 0) is 74.3 Å². The maximum Gasteiger partial charge on any atom is 0.411 e. The van der Waals surface area contributed by atoms with E-state index in [2.05, 4.69) is 27.3 Å². The Morgan fingerprint density at radius 1 is 1.37 bits per heavy atom. The van der Waals surface area contributed by atoms with Gasteiger partial charge < -0.3 is 14.4 Å². The Kier molecular flexibility index (Phi) is 7.79. The summed E-state index contributed by atoms with van der Waals surface area (Å²) in [6.45, 7) is 1.32. The molecule has 1 amide bonds. The van der Waals surface area contributed by atoms with Crippen LogP contribution in [0.2, 0.25) is 5.02 Å². The summed E-state index contributed by atoms with van der Waals surface area (Å²) >= 11 is 6.14. The van der Waals surface area contributed by atoms with E-state index in [1.54, 1.807) is 30.3 Å². The molecule has 1 aliphatic heterocycles. The van der Waals surface area contributed by atoms with Crippen LogP contribution in [0.4, 0.5) is 10.5 Å². The molecule has 1 fully saturated rings. The predicted octanol–water partition coefficient (Wildman–Crippen LogP) is 5.69. The maximum absolute atomic E-state index is 12.4. The minimum atomic E-state index is -0.512. The summed E-state index contributed by atoms with van der Waals surface area (Å²) in [6.07, 6.45) is 2.63. The van der Waals surface area contributed by atoms with Crippen molar-refractivity contribution in [2.75, 3.05) is 32.2 Å². The van der Waals surface area contributed by atoms with Crippen LogP contribution in [-0.4, -0.2) is 44.0 Å². The molecule has 3 rings (SSSR count). The minimum Gasteiger partial charge on any atom is -0.487 e. The number of nitrogens with one attached hydrogen (secondary N) is 1. The van der Waals surface area contributed by atoms with Gasteiger partial charge in [0, 0.05) is 21.5 Å². The first-order valence-electron chi connectivity index (χ1n) is 9.74. The summed E-state index contributed by atoms with van der Waals surface area (Å²) in [4.78, 5) is 17.3. The molecular formula is C21H24ClN5O3. The number of ether oxygens (including phenoxy) is 2. The molecule has 0 bridgehead atoms. The Hall–Kier alpha value is -2.93. The predicted molar refractivity (Wildman–Crippen MR) is 117 cm³/mol. The Morgan fingerprint density at radius 3 is 2.97 bits per heavy atom. The van der Waals surface area contributed by atoms with Crippen molar-refractivity contribution in [3.63, 3.8) is 0 Å². The second kappa shape index (κ2) is 10.7. The smallest absolute Gasteiger partial charge is 0.411 e. The van der Waals surface area contributed by atoms with Gasteiger partial charge >= 0.3 is 6.09 Å². The van der Waals surface area contributed by atoms with Crippen molar-refractivity contribution in [2.24, 2.45) is 5.11 Å². The number of carbonyl (C=O) groups is 1. The van der Waals surface area contributed by atoms with Gasteiger partial charge in [-0.25, -0.2) is 4.79 Å². The van der Waals surface area contributed by atoms with Gasteiger partial charge in [0.15, 0.2) is 6.73 Å². The molecule has 0 aliphatic carbocycles. The molecule has 1 atom stereocenters. The molecular weight excluding hydrogens is 406 g/mol. The lowest BCUT2D eigenvalue weighted by Gasteiger charge is -2.19. The van der Waals surface area contributed by atoms with E-state index in [-0.39, 0.29) is 6.73 Å². The number of hydrogen-bond acceptors (Lipinski definition) is 5. The summed E-state index contributed by atoms with van der Waals surface area (Å²) in [6, 6.07) is 12.9. The van der Waals surface area contributed by atoms with E-state index in [9.17, 15) is 4.79 Å². The molecule has 2 aromatic rings. The van der Waals surface area contributed by atoms with Gasteiger partial charge in [0.1, 0.15) is 5.75 Å². The highest BCUT2D eigenvalue weighted by Crippen LogP contribution is 2.33. The van der Waals surface area contributed by atoms with Crippen molar-refractivity contribution in [3.8, 4) is 16.9 Å². The number of azide groups is 1. The molecule has 1 aliphatic rings. The normalized spacial score (nSPS) is 16.0. The van der Waals surface area contributed by atoms with Crippen LogP contribution in [0.3, 0.4) is 0 Å². The van der Waals surface area contributed by atoms with Gasteiger partial charge in [0.25, 0.3) is 0 Å². The second-order valence-electron chi connectivity index (χ2n) is 7.05. The first-order chi connectivity index (χ1) is 14.6. The second-order valence-corrected chi connectivity index (χ2v) is 7.48. The number of halogens is 1. The lowest BCUT2D eigenvalue weighted by Crippen LogP contribution is -2.27. The van der Waals surface area contributed by atoms with E-state index >= 15 is 0 Å². The van der Waals surface area contributed by atoms with Crippen LogP contribution >= 0.6 is 11.6 Å². The van der Waals surface area contributed by atoms with Gasteiger partial charge in [-0.15, -0.1) is 0 Å². The fourth-order valence-corrected chi connectivity index (χ4v) is 3.71. The maximum atomic E-state index is 12.4. The summed E-state index contributed by atoms with van der Waals surface area (Å²) < 4.78 is 10.8. The number of rotatable bonds is 8. The zero-order valence-electron chi connectivity index (χ0n) is 16.8. The molecule has 1 N–H and O–H groups in total. The fraction of sp³-hybridized carbons (Fsp3) is 0.381. The number of benzene rings is 2. The van der Waals surface area contributed by atoms with Crippen LogP contribution in [0.1, 0.15) is 19.3 Å². The summed E-state index contributed by atoms with van der Waals surface area (Å²) in [5.74, 6) is 0.501. The molecule has 1 saturated heterocycles. The summed E-state index contributed by atoms with van der Waals surface area (Å²) in [5, 5.41) is 6.75. The molecule has 1 heterocycles. The third-order valence-corrected chi connectivity index (χ3v) is 5.31. The number of nitrogens with zero attached hydrogens (tertiary/aromatic N) is 4. The highest BCUT2D eigenvalue weighted by Gasteiger charge is 2.21. The molecule has 158 valence electrons. The van der Waals surface area contributed by atoms with E-state index in [1.165, 1.54) is 6.42 Å². The number of likely N-dealkylation sites (tertiary alicyclic amines) is 1. The molecule has 0 saturated carbocycles. The average molecular weight is 430 g/mol. The lowest BCUT2D eigenvalue weighted by atomic mass is 10.0. The van der Waals surface area contributed by atoms with E-state index < -0.39 is 6.09 Å². The standard InChI is InChI=1S/C21H24ClN5O3/c1-27-10-3-6-17(27)9-11-29-21(28)25-20-8-7-18(30-14-24-26-23)13-19(20)15-4-2-5-16(22)12-15/h2,4-5,7-8,12-13,17H,3,6,9-11,14H2,1H3,(H,25,28). The summed E-state index contributed by atoms with van der Waals surface area (Å²) in [5.41, 5.74) is 10.5. The van der Waals surface area contributed by atoms with Crippen LogP contribution in [0.15, 0.2) is 47.6 Å². The van der Waals surface area contributed by atoms with Crippen LogP contribution in [0, 0.1) is 0 Å². The van der Waals surface area contributed by atoms with Crippen molar-refractivity contribution < 1.29 is 14.3 Å². The van der Waals surface area contributed by atoms with Gasteiger partial charge in [-0.1, -0.05) is 28.8 Å². The van der Waals surface area contributed by atoms with Crippen molar-refractivity contribution in [1.29, 1.82) is 0 Å². The third-order valence-electron chi connectivity index (χ3n) is 5.07. The van der Waals surface area contributed by atoms with Crippen molar-refractivity contribution in [3.05, 3.63) is 57.9 Å². The first-order valence-corrected chi connectivity index (χ1v) is 10.1. The van der Waals surface area contributed by atoms with E-state index in [0.717, 1.165) is 24.9 Å². The van der Waals surface area contributed by atoms with Gasteiger partial charge in [0.05, 0.1) is 12.3 Å². The number of carbonyl (C=O) groups excluding carboxylic acids is 1.